The van der Waals surface area contributed by atoms with Crippen molar-refractivity contribution in [1.82, 2.24) is 15.3 Å². The maximum absolute atomic E-state index is 11.8. The van der Waals surface area contributed by atoms with Crippen LogP contribution < -0.4 is 11.1 Å². The first-order valence-electron chi connectivity index (χ1n) is 5.43. The Morgan fingerprint density at radius 1 is 1.44 bits per heavy atom. The van der Waals surface area contributed by atoms with E-state index in [4.69, 9.17) is 5.73 Å². The van der Waals surface area contributed by atoms with E-state index in [0.29, 0.717) is 17.4 Å². The second kappa shape index (κ2) is 5.44. The fourth-order valence-electron chi connectivity index (χ4n) is 1.44. The van der Waals surface area contributed by atoms with Crippen LogP contribution in [0.3, 0.4) is 0 Å². The van der Waals surface area contributed by atoms with E-state index in [2.05, 4.69) is 29.1 Å². The lowest BCUT2D eigenvalue weighted by Gasteiger charge is -2.20. The van der Waals surface area contributed by atoms with Crippen LogP contribution in [0.2, 0.25) is 0 Å². The van der Waals surface area contributed by atoms with E-state index in [-0.39, 0.29) is 11.9 Å². The standard InChI is InChI=1S/C11H18N4O/c1-4-8(7(2)3)15-11(16)9-5-14-10(12)6-13-9/h5-8H,4H2,1-3H3,(H2,12,14)(H,15,16). The normalized spacial score (nSPS) is 12.5. The molecule has 1 rings (SSSR count). The van der Waals surface area contributed by atoms with Gasteiger partial charge >= 0.3 is 0 Å². The molecule has 1 aromatic heterocycles. The number of hydrogen-bond donors (Lipinski definition) is 2. The van der Waals surface area contributed by atoms with Gasteiger partial charge < -0.3 is 11.1 Å². The molecule has 0 aliphatic rings. The average Bonchev–Trinajstić information content (AvgIpc) is 2.26. The van der Waals surface area contributed by atoms with Gasteiger partial charge in [-0.25, -0.2) is 9.97 Å². The predicted molar refractivity (Wildman–Crippen MR) is 62.8 cm³/mol. The maximum atomic E-state index is 11.8. The Kier molecular flexibility index (Phi) is 4.22. The molecule has 5 heteroatoms. The molecule has 0 saturated carbocycles. The van der Waals surface area contributed by atoms with E-state index in [1.54, 1.807) is 0 Å². The molecule has 0 spiro atoms. The van der Waals surface area contributed by atoms with Crippen molar-refractivity contribution in [3.8, 4) is 0 Å². The van der Waals surface area contributed by atoms with Gasteiger partial charge in [-0.15, -0.1) is 0 Å². The third kappa shape index (κ3) is 3.18. The average molecular weight is 222 g/mol. The lowest BCUT2D eigenvalue weighted by Crippen LogP contribution is -2.38. The third-order valence-corrected chi connectivity index (χ3v) is 2.47. The molecule has 0 saturated heterocycles. The monoisotopic (exact) mass is 222 g/mol. The molecular weight excluding hydrogens is 204 g/mol. The Bertz CT molecular complexity index is 348. The number of nitrogen functional groups attached to an aromatic ring is 1. The van der Waals surface area contributed by atoms with Crippen molar-refractivity contribution in [3.63, 3.8) is 0 Å². The summed E-state index contributed by atoms with van der Waals surface area (Å²) in [6.45, 7) is 6.19. The van der Waals surface area contributed by atoms with Crippen LogP contribution in [0.15, 0.2) is 12.4 Å². The second-order valence-corrected chi connectivity index (χ2v) is 4.06. The number of anilines is 1. The molecule has 0 aliphatic carbocycles. The molecule has 1 heterocycles. The van der Waals surface area contributed by atoms with Gasteiger partial charge in [-0.1, -0.05) is 20.8 Å². The molecule has 0 aliphatic heterocycles. The van der Waals surface area contributed by atoms with Gasteiger partial charge in [0.1, 0.15) is 11.5 Å². The smallest absolute Gasteiger partial charge is 0.271 e. The van der Waals surface area contributed by atoms with Crippen LogP contribution in [-0.4, -0.2) is 21.9 Å². The molecule has 0 bridgehead atoms. The van der Waals surface area contributed by atoms with E-state index in [1.165, 1.54) is 12.4 Å². The molecule has 3 N–H and O–H groups in total. The number of nitrogens with two attached hydrogens (primary N) is 1. The number of carbonyl (C=O) groups is 1. The first-order chi connectivity index (χ1) is 7.54. The zero-order valence-electron chi connectivity index (χ0n) is 9.90. The van der Waals surface area contributed by atoms with Gasteiger partial charge in [0.15, 0.2) is 0 Å². The van der Waals surface area contributed by atoms with Gasteiger partial charge in [0.2, 0.25) is 0 Å². The molecule has 0 radical (unpaired) electrons. The summed E-state index contributed by atoms with van der Waals surface area (Å²) >= 11 is 0. The number of nitrogens with zero attached hydrogens (tertiary/aromatic N) is 2. The summed E-state index contributed by atoms with van der Waals surface area (Å²) in [6, 6.07) is 0.159. The van der Waals surface area contributed by atoms with Crippen molar-refractivity contribution in [2.45, 2.75) is 33.2 Å². The van der Waals surface area contributed by atoms with Crippen LogP contribution in [0.25, 0.3) is 0 Å². The second-order valence-electron chi connectivity index (χ2n) is 4.06. The molecule has 1 aromatic rings. The summed E-state index contributed by atoms with van der Waals surface area (Å²) in [4.78, 5) is 19.5. The fourth-order valence-corrected chi connectivity index (χ4v) is 1.44. The Balaban J connectivity index is 2.68. The number of hydrogen-bond acceptors (Lipinski definition) is 4. The van der Waals surface area contributed by atoms with E-state index in [1.807, 2.05) is 6.92 Å². The highest BCUT2D eigenvalue weighted by molar-refractivity contribution is 5.92. The predicted octanol–water partition coefficient (Wildman–Crippen LogP) is 1.22. The van der Waals surface area contributed by atoms with Crippen molar-refractivity contribution >= 4 is 11.7 Å². The van der Waals surface area contributed by atoms with Crippen molar-refractivity contribution in [2.75, 3.05) is 5.73 Å². The lowest BCUT2D eigenvalue weighted by atomic mass is 10.0. The Labute approximate surface area is 95.5 Å². The van der Waals surface area contributed by atoms with Crippen molar-refractivity contribution in [1.29, 1.82) is 0 Å². The van der Waals surface area contributed by atoms with Crippen LogP contribution in [0.5, 0.6) is 0 Å². The fraction of sp³-hybridized carbons (Fsp3) is 0.545. The number of amides is 1. The van der Waals surface area contributed by atoms with E-state index < -0.39 is 0 Å². The molecule has 16 heavy (non-hydrogen) atoms. The minimum absolute atomic E-state index is 0.159. The molecule has 1 amide bonds. The number of nitrogens with one attached hydrogen (secondary N) is 1. The van der Waals surface area contributed by atoms with E-state index in [9.17, 15) is 4.79 Å². The highest BCUT2D eigenvalue weighted by Crippen LogP contribution is 2.06. The summed E-state index contributed by atoms with van der Waals surface area (Å²) in [5.41, 5.74) is 5.70. The number of rotatable bonds is 4. The summed E-state index contributed by atoms with van der Waals surface area (Å²) in [6.07, 6.45) is 3.66. The Morgan fingerprint density at radius 3 is 2.56 bits per heavy atom. The summed E-state index contributed by atoms with van der Waals surface area (Å²) in [5, 5.41) is 2.92. The van der Waals surface area contributed by atoms with Crippen molar-refractivity contribution < 1.29 is 4.79 Å². The minimum Gasteiger partial charge on any atom is -0.382 e. The first-order valence-corrected chi connectivity index (χ1v) is 5.43. The van der Waals surface area contributed by atoms with Crippen LogP contribution in [0.4, 0.5) is 5.82 Å². The molecule has 1 atom stereocenters. The van der Waals surface area contributed by atoms with Gasteiger partial charge in [-0.2, -0.15) is 0 Å². The first kappa shape index (κ1) is 12.4. The Morgan fingerprint density at radius 2 is 2.12 bits per heavy atom. The minimum atomic E-state index is -0.201. The largest absolute Gasteiger partial charge is 0.382 e. The van der Waals surface area contributed by atoms with Crippen LogP contribution in [-0.2, 0) is 0 Å². The lowest BCUT2D eigenvalue weighted by molar-refractivity contribution is 0.0919. The summed E-state index contributed by atoms with van der Waals surface area (Å²) in [7, 11) is 0. The summed E-state index contributed by atoms with van der Waals surface area (Å²) < 4.78 is 0. The summed E-state index contributed by atoms with van der Waals surface area (Å²) in [5.74, 6) is 0.510. The third-order valence-electron chi connectivity index (χ3n) is 2.47. The van der Waals surface area contributed by atoms with Gasteiger partial charge in [0, 0.05) is 6.04 Å². The zero-order chi connectivity index (χ0) is 12.1. The highest BCUT2D eigenvalue weighted by Gasteiger charge is 2.16. The van der Waals surface area contributed by atoms with E-state index >= 15 is 0 Å². The Hall–Kier alpha value is -1.65. The quantitative estimate of drug-likeness (QED) is 0.802. The highest BCUT2D eigenvalue weighted by atomic mass is 16.1. The van der Waals surface area contributed by atoms with Gasteiger partial charge in [0.05, 0.1) is 12.4 Å². The van der Waals surface area contributed by atoms with Crippen molar-refractivity contribution in [3.05, 3.63) is 18.1 Å². The molecular formula is C11H18N4O. The zero-order valence-corrected chi connectivity index (χ0v) is 9.90. The molecule has 88 valence electrons. The SMILES string of the molecule is CCC(NC(=O)c1cnc(N)cn1)C(C)C. The molecule has 5 nitrogen and oxygen atoms in total. The van der Waals surface area contributed by atoms with Gasteiger partial charge in [0.25, 0.3) is 5.91 Å². The molecule has 0 aromatic carbocycles. The maximum Gasteiger partial charge on any atom is 0.271 e. The molecule has 1 unspecified atom stereocenters. The van der Waals surface area contributed by atoms with Crippen LogP contribution in [0, 0.1) is 5.92 Å². The van der Waals surface area contributed by atoms with Crippen LogP contribution >= 0.6 is 0 Å². The number of carbonyl (C=O) groups excluding carboxylic acids is 1. The molecule has 0 fully saturated rings. The van der Waals surface area contributed by atoms with E-state index in [0.717, 1.165) is 6.42 Å². The van der Waals surface area contributed by atoms with Crippen molar-refractivity contribution in [2.24, 2.45) is 5.92 Å². The van der Waals surface area contributed by atoms with Gasteiger partial charge in [-0.05, 0) is 12.3 Å². The van der Waals surface area contributed by atoms with Gasteiger partial charge in [-0.3, -0.25) is 4.79 Å². The van der Waals surface area contributed by atoms with Crippen LogP contribution in [0.1, 0.15) is 37.7 Å². The number of aromatic nitrogens is 2. The topological polar surface area (TPSA) is 80.9 Å².